The molecule has 2 amide bonds. The second kappa shape index (κ2) is 8.57. The predicted octanol–water partition coefficient (Wildman–Crippen LogP) is 2.38. The largest absolute Gasteiger partial charge is 0.356 e. The van der Waals surface area contributed by atoms with Crippen LogP contribution in [0.4, 0.5) is 0 Å². The molecule has 1 heterocycles. The molecular weight excluding hydrogens is 276 g/mol. The third kappa shape index (κ3) is 4.86. The van der Waals surface area contributed by atoms with Gasteiger partial charge >= 0.3 is 0 Å². The molecule has 2 rings (SSSR count). The number of likely N-dealkylation sites (tertiary alicyclic amines) is 1. The zero-order valence-corrected chi connectivity index (χ0v) is 13.4. The van der Waals surface area contributed by atoms with Gasteiger partial charge in [-0.1, -0.05) is 43.7 Å². The fourth-order valence-corrected chi connectivity index (χ4v) is 2.82. The van der Waals surface area contributed by atoms with Crippen LogP contribution in [0.1, 0.15) is 38.2 Å². The van der Waals surface area contributed by atoms with Crippen LogP contribution in [0.2, 0.25) is 0 Å². The Kier molecular flexibility index (Phi) is 6.44. The van der Waals surface area contributed by atoms with Crippen molar-refractivity contribution in [1.82, 2.24) is 10.2 Å². The van der Waals surface area contributed by atoms with Crippen molar-refractivity contribution < 1.29 is 9.59 Å². The summed E-state index contributed by atoms with van der Waals surface area (Å²) < 4.78 is 0. The van der Waals surface area contributed by atoms with Gasteiger partial charge in [0, 0.05) is 26.1 Å². The molecule has 0 aliphatic carbocycles. The summed E-state index contributed by atoms with van der Waals surface area (Å²) in [5, 5.41) is 2.93. The van der Waals surface area contributed by atoms with Gasteiger partial charge in [0.05, 0.1) is 5.92 Å². The monoisotopic (exact) mass is 302 g/mol. The van der Waals surface area contributed by atoms with E-state index < -0.39 is 0 Å². The van der Waals surface area contributed by atoms with Crippen molar-refractivity contribution in [3.63, 3.8) is 0 Å². The summed E-state index contributed by atoms with van der Waals surface area (Å²) in [5.74, 6) is -0.0165. The molecule has 4 heteroatoms. The van der Waals surface area contributed by atoms with Crippen molar-refractivity contribution in [2.24, 2.45) is 5.92 Å². The smallest absolute Gasteiger partial charge is 0.225 e. The van der Waals surface area contributed by atoms with E-state index in [9.17, 15) is 9.59 Å². The highest BCUT2D eigenvalue weighted by Crippen LogP contribution is 2.18. The Labute approximate surface area is 132 Å². The van der Waals surface area contributed by atoms with Crippen LogP contribution in [0, 0.1) is 5.92 Å². The number of hydrogen-bond donors (Lipinski definition) is 1. The van der Waals surface area contributed by atoms with Gasteiger partial charge in [0.1, 0.15) is 0 Å². The highest BCUT2D eigenvalue weighted by molar-refractivity contribution is 5.89. The molecule has 1 aromatic carbocycles. The van der Waals surface area contributed by atoms with Gasteiger partial charge in [-0.15, -0.1) is 0 Å². The van der Waals surface area contributed by atoms with E-state index in [1.165, 1.54) is 5.56 Å². The number of amides is 2. The summed E-state index contributed by atoms with van der Waals surface area (Å²) in [5.41, 5.74) is 1.29. The fraction of sp³-hybridized carbons (Fsp3) is 0.556. The number of unbranched alkanes of at least 4 members (excludes halogenated alkanes) is 1. The maximum atomic E-state index is 12.0. The number of carbonyl (C=O) groups is 2. The summed E-state index contributed by atoms with van der Waals surface area (Å²) >= 11 is 0. The third-order valence-electron chi connectivity index (χ3n) is 4.15. The molecule has 1 unspecified atom stereocenters. The first-order chi connectivity index (χ1) is 10.7. The van der Waals surface area contributed by atoms with Crippen LogP contribution >= 0.6 is 0 Å². The summed E-state index contributed by atoms with van der Waals surface area (Å²) in [6.07, 6.45) is 4.34. The highest BCUT2D eigenvalue weighted by Gasteiger charge is 2.33. The van der Waals surface area contributed by atoms with Crippen molar-refractivity contribution in [3.05, 3.63) is 35.9 Å². The molecule has 0 aromatic heterocycles. The lowest BCUT2D eigenvalue weighted by Gasteiger charge is -2.16. The van der Waals surface area contributed by atoms with Gasteiger partial charge in [-0.3, -0.25) is 9.59 Å². The molecule has 22 heavy (non-hydrogen) atoms. The average Bonchev–Trinajstić information content (AvgIpc) is 2.90. The molecule has 0 spiro atoms. The molecule has 1 aromatic rings. The van der Waals surface area contributed by atoms with Crippen molar-refractivity contribution in [2.45, 2.75) is 39.0 Å². The van der Waals surface area contributed by atoms with Gasteiger partial charge in [0.15, 0.2) is 0 Å². The Morgan fingerprint density at radius 1 is 1.27 bits per heavy atom. The van der Waals surface area contributed by atoms with E-state index in [-0.39, 0.29) is 17.7 Å². The molecule has 1 fully saturated rings. The fourth-order valence-electron chi connectivity index (χ4n) is 2.82. The van der Waals surface area contributed by atoms with Gasteiger partial charge in [-0.2, -0.15) is 0 Å². The molecule has 1 N–H and O–H groups in total. The number of nitrogens with zero attached hydrogens (tertiary/aromatic N) is 1. The number of nitrogens with one attached hydrogen (secondary N) is 1. The number of benzene rings is 1. The molecule has 1 atom stereocenters. The first-order valence-electron chi connectivity index (χ1n) is 8.30. The molecule has 120 valence electrons. The molecule has 0 saturated carbocycles. The van der Waals surface area contributed by atoms with E-state index in [1.807, 2.05) is 23.1 Å². The second-order valence-electron chi connectivity index (χ2n) is 5.97. The molecule has 1 saturated heterocycles. The van der Waals surface area contributed by atoms with Crippen LogP contribution in [0.25, 0.3) is 0 Å². The van der Waals surface area contributed by atoms with Crippen molar-refractivity contribution >= 4 is 11.8 Å². The third-order valence-corrected chi connectivity index (χ3v) is 4.15. The van der Waals surface area contributed by atoms with Crippen LogP contribution in [-0.2, 0) is 16.0 Å². The lowest BCUT2D eigenvalue weighted by Crippen LogP contribution is -2.33. The first kappa shape index (κ1) is 16.5. The Morgan fingerprint density at radius 3 is 2.77 bits per heavy atom. The van der Waals surface area contributed by atoms with Gasteiger partial charge in [0.2, 0.25) is 11.8 Å². The van der Waals surface area contributed by atoms with Gasteiger partial charge < -0.3 is 10.2 Å². The molecule has 0 radical (unpaired) electrons. The van der Waals surface area contributed by atoms with Crippen LogP contribution in [-0.4, -0.2) is 36.3 Å². The van der Waals surface area contributed by atoms with E-state index in [1.54, 1.807) is 0 Å². The Morgan fingerprint density at radius 2 is 2.05 bits per heavy atom. The standard InChI is InChI=1S/C18H26N2O2/c1-2-3-11-19-18(22)16-13-17(21)20(14-16)12-7-10-15-8-5-4-6-9-15/h4-6,8-9,16H,2-3,7,10-14H2,1H3,(H,19,22). The highest BCUT2D eigenvalue weighted by atomic mass is 16.2. The Bertz CT molecular complexity index is 487. The minimum Gasteiger partial charge on any atom is -0.356 e. The normalized spacial score (nSPS) is 17.8. The summed E-state index contributed by atoms with van der Waals surface area (Å²) in [6, 6.07) is 10.3. The summed E-state index contributed by atoms with van der Waals surface area (Å²) in [4.78, 5) is 25.9. The average molecular weight is 302 g/mol. The Hall–Kier alpha value is -1.84. The zero-order chi connectivity index (χ0) is 15.8. The van der Waals surface area contributed by atoms with Crippen LogP contribution < -0.4 is 5.32 Å². The number of aryl methyl sites for hydroxylation is 1. The van der Waals surface area contributed by atoms with E-state index in [0.717, 1.165) is 32.2 Å². The van der Waals surface area contributed by atoms with E-state index >= 15 is 0 Å². The molecule has 1 aliphatic heterocycles. The molecule has 0 bridgehead atoms. The van der Waals surface area contributed by atoms with Gasteiger partial charge in [-0.05, 0) is 24.8 Å². The van der Waals surface area contributed by atoms with Crippen LogP contribution in [0.3, 0.4) is 0 Å². The lowest BCUT2D eigenvalue weighted by molar-refractivity contribution is -0.129. The number of rotatable bonds is 8. The Balaban J connectivity index is 1.71. The van der Waals surface area contributed by atoms with E-state index in [4.69, 9.17) is 0 Å². The minimum atomic E-state index is -0.166. The van der Waals surface area contributed by atoms with Crippen molar-refractivity contribution in [1.29, 1.82) is 0 Å². The summed E-state index contributed by atoms with van der Waals surface area (Å²) in [6.45, 7) is 4.13. The van der Waals surface area contributed by atoms with E-state index in [0.29, 0.717) is 19.5 Å². The number of hydrogen-bond acceptors (Lipinski definition) is 2. The second-order valence-corrected chi connectivity index (χ2v) is 5.97. The van der Waals surface area contributed by atoms with Gasteiger partial charge in [-0.25, -0.2) is 0 Å². The van der Waals surface area contributed by atoms with E-state index in [2.05, 4.69) is 24.4 Å². The van der Waals surface area contributed by atoms with Crippen LogP contribution in [0.15, 0.2) is 30.3 Å². The van der Waals surface area contributed by atoms with Gasteiger partial charge in [0.25, 0.3) is 0 Å². The zero-order valence-electron chi connectivity index (χ0n) is 13.4. The topological polar surface area (TPSA) is 49.4 Å². The molecule has 4 nitrogen and oxygen atoms in total. The lowest BCUT2D eigenvalue weighted by atomic mass is 10.1. The van der Waals surface area contributed by atoms with Crippen molar-refractivity contribution in [3.8, 4) is 0 Å². The summed E-state index contributed by atoms with van der Waals surface area (Å²) in [7, 11) is 0. The van der Waals surface area contributed by atoms with Crippen LogP contribution in [0.5, 0.6) is 0 Å². The molecule has 1 aliphatic rings. The number of carbonyl (C=O) groups excluding carboxylic acids is 2. The molecular formula is C18H26N2O2. The quantitative estimate of drug-likeness (QED) is 0.750. The maximum absolute atomic E-state index is 12.0. The maximum Gasteiger partial charge on any atom is 0.225 e. The predicted molar refractivity (Wildman–Crippen MR) is 87.4 cm³/mol. The van der Waals surface area contributed by atoms with Crippen molar-refractivity contribution in [2.75, 3.05) is 19.6 Å². The minimum absolute atomic E-state index is 0.0346. The SMILES string of the molecule is CCCCNC(=O)C1CC(=O)N(CCCc2ccccc2)C1. The first-order valence-corrected chi connectivity index (χ1v) is 8.30.